The Morgan fingerprint density at radius 3 is 2.35 bits per heavy atom. The van der Waals surface area contributed by atoms with Crippen molar-refractivity contribution in [2.45, 2.75) is 4.90 Å². The van der Waals surface area contributed by atoms with Crippen LogP contribution in [0.15, 0.2) is 45.8 Å². The molecule has 2 aromatic carbocycles. The van der Waals surface area contributed by atoms with E-state index in [-0.39, 0.29) is 15.6 Å². The number of nitrogens with one attached hydrogen (secondary N) is 1. The number of anilines is 1. The number of rotatable bonds is 3. The molecule has 0 saturated carbocycles. The fourth-order valence-corrected chi connectivity index (χ4v) is 3.32. The lowest BCUT2D eigenvalue weighted by Crippen LogP contribution is -2.13. The van der Waals surface area contributed by atoms with E-state index in [4.69, 9.17) is 23.2 Å². The van der Waals surface area contributed by atoms with E-state index < -0.39 is 15.8 Å². The number of sulfonamides is 1. The zero-order valence-electron chi connectivity index (χ0n) is 9.70. The first-order valence-electron chi connectivity index (χ1n) is 5.22. The van der Waals surface area contributed by atoms with Crippen LogP contribution < -0.4 is 4.72 Å². The standard InChI is InChI=1S/C12H7BrCl2FNO2S/c13-9-6-8(2-3-10(9)14)20(18,19)17-7-1-4-12(16)11(15)5-7/h1-6,17H. The van der Waals surface area contributed by atoms with Crippen molar-refractivity contribution in [3.05, 3.63) is 56.7 Å². The molecule has 0 aliphatic heterocycles. The summed E-state index contributed by atoms with van der Waals surface area (Å²) in [7, 11) is -3.80. The van der Waals surface area contributed by atoms with Gasteiger partial charge in [0, 0.05) is 4.47 Å². The molecule has 20 heavy (non-hydrogen) atoms. The van der Waals surface area contributed by atoms with Gasteiger partial charge in [0.15, 0.2) is 0 Å². The van der Waals surface area contributed by atoms with Gasteiger partial charge in [0.1, 0.15) is 5.82 Å². The van der Waals surface area contributed by atoms with Crippen molar-refractivity contribution < 1.29 is 12.8 Å². The van der Waals surface area contributed by atoms with E-state index >= 15 is 0 Å². The Hall–Kier alpha value is -0.820. The highest BCUT2D eigenvalue weighted by Crippen LogP contribution is 2.27. The summed E-state index contributed by atoms with van der Waals surface area (Å²) in [6.45, 7) is 0. The fourth-order valence-electron chi connectivity index (χ4n) is 1.42. The molecular weight excluding hydrogens is 392 g/mol. The molecular formula is C12H7BrCl2FNO2S. The van der Waals surface area contributed by atoms with Gasteiger partial charge in [-0.25, -0.2) is 12.8 Å². The quantitative estimate of drug-likeness (QED) is 0.814. The number of hydrogen-bond acceptors (Lipinski definition) is 2. The summed E-state index contributed by atoms with van der Waals surface area (Å²) in [6, 6.07) is 7.75. The molecule has 0 fully saturated rings. The van der Waals surface area contributed by atoms with Crippen molar-refractivity contribution in [3.63, 3.8) is 0 Å². The third-order valence-corrected chi connectivity index (χ3v) is 5.26. The van der Waals surface area contributed by atoms with Gasteiger partial charge < -0.3 is 0 Å². The molecule has 0 aliphatic rings. The first-order chi connectivity index (χ1) is 9.29. The van der Waals surface area contributed by atoms with Gasteiger partial charge in [-0.2, -0.15) is 0 Å². The second-order valence-corrected chi connectivity index (χ2v) is 7.16. The molecule has 1 N–H and O–H groups in total. The minimum atomic E-state index is -3.80. The Balaban J connectivity index is 2.35. The lowest BCUT2D eigenvalue weighted by Gasteiger charge is -2.09. The highest BCUT2D eigenvalue weighted by molar-refractivity contribution is 9.10. The third kappa shape index (κ3) is 3.44. The predicted molar refractivity (Wildman–Crippen MR) is 81.4 cm³/mol. The Morgan fingerprint density at radius 2 is 1.75 bits per heavy atom. The van der Waals surface area contributed by atoms with Crippen LogP contribution in [-0.2, 0) is 10.0 Å². The van der Waals surface area contributed by atoms with Gasteiger partial charge in [0.25, 0.3) is 10.0 Å². The van der Waals surface area contributed by atoms with Crippen LogP contribution in [-0.4, -0.2) is 8.42 Å². The summed E-state index contributed by atoms with van der Waals surface area (Å²) in [6.07, 6.45) is 0. The van der Waals surface area contributed by atoms with Gasteiger partial charge in [-0.05, 0) is 52.3 Å². The summed E-state index contributed by atoms with van der Waals surface area (Å²) in [4.78, 5) is 0.0224. The fraction of sp³-hybridized carbons (Fsp3) is 0. The first kappa shape index (κ1) is 15.6. The van der Waals surface area contributed by atoms with Crippen molar-refractivity contribution in [2.75, 3.05) is 4.72 Å². The summed E-state index contributed by atoms with van der Waals surface area (Å²) < 4.78 is 40.1. The van der Waals surface area contributed by atoms with E-state index in [9.17, 15) is 12.8 Å². The molecule has 0 aromatic heterocycles. The van der Waals surface area contributed by atoms with Crippen molar-refractivity contribution in [2.24, 2.45) is 0 Å². The number of halogens is 4. The van der Waals surface area contributed by atoms with E-state index in [1.165, 1.54) is 30.3 Å². The molecule has 0 amide bonds. The summed E-state index contributed by atoms with van der Waals surface area (Å²) in [5, 5.41) is 0.233. The average molecular weight is 399 g/mol. The summed E-state index contributed by atoms with van der Waals surface area (Å²) in [5.74, 6) is -0.621. The number of hydrogen-bond donors (Lipinski definition) is 1. The van der Waals surface area contributed by atoms with Crippen LogP contribution in [0.4, 0.5) is 10.1 Å². The van der Waals surface area contributed by atoms with Gasteiger partial charge >= 0.3 is 0 Å². The van der Waals surface area contributed by atoms with Crippen molar-refractivity contribution in [1.29, 1.82) is 0 Å². The van der Waals surface area contributed by atoms with Crippen molar-refractivity contribution in [3.8, 4) is 0 Å². The zero-order valence-corrected chi connectivity index (χ0v) is 13.6. The third-order valence-electron chi connectivity index (χ3n) is 2.37. The van der Waals surface area contributed by atoms with Crippen LogP contribution in [0.3, 0.4) is 0 Å². The topological polar surface area (TPSA) is 46.2 Å². The molecule has 0 spiro atoms. The SMILES string of the molecule is O=S(=O)(Nc1ccc(F)c(Cl)c1)c1ccc(Cl)c(Br)c1. The molecule has 0 atom stereocenters. The maximum atomic E-state index is 13.0. The van der Waals surface area contributed by atoms with Crippen LogP contribution in [0.25, 0.3) is 0 Å². The van der Waals surface area contributed by atoms with Gasteiger partial charge in [0.2, 0.25) is 0 Å². The minimum absolute atomic E-state index is 0.0224. The molecule has 2 rings (SSSR count). The van der Waals surface area contributed by atoms with Crippen LogP contribution in [0, 0.1) is 5.82 Å². The largest absolute Gasteiger partial charge is 0.280 e. The Morgan fingerprint density at radius 1 is 1.05 bits per heavy atom. The average Bonchev–Trinajstić information content (AvgIpc) is 2.37. The van der Waals surface area contributed by atoms with Crippen molar-refractivity contribution in [1.82, 2.24) is 0 Å². The van der Waals surface area contributed by atoms with E-state index in [2.05, 4.69) is 20.7 Å². The zero-order chi connectivity index (χ0) is 14.9. The maximum Gasteiger partial charge on any atom is 0.261 e. The van der Waals surface area contributed by atoms with E-state index in [1.807, 2.05) is 0 Å². The molecule has 0 aliphatic carbocycles. The highest BCUT2D eigenvalue weighted by atomic mass is 79.9. The lowest BCUT2D eigenvalue weighted by molar-refractivity contribution is 0.601. The van der Waals surface area contributed by atoms with Crippen molar-refractivity contribution >= 4 is 54.8 Å². The van der Waals surface area contributed by atoms with Gasteiger partial charge in [0.05, 0.1) is 20.6 Å². The van der Waals surface area contributed by atoms with E-state index in [0.717, 1.165) is 6.07 Å². The Kier molecular flexibility index (Phi) is 4.59. The smallest absolute Gasteiger partial charge is 0.261 e. The van der Waals surface area contributed by atoms with Gasteiger partial charge in [-0.15, -0.1) is 0 Å². The minimum Gasteiger partial charge on any atom is -0.280 e. The molecule has 0 bridgehead atoms. The maximum absolute atomic E-state index is 13.0. The Labute approximate surface area is 133 Å². The molecule has 8 heteroatoms. The molecule has 0 saturated heterocycles. The molecule has 0 heterocycles. The van der Waals surface area contributed by atoms with Crippen LogP contribution >= 0.6 is 39.1 Å². The molecule has 0 unspecified atom stereocenters. The predicted octanol–water partition coefficient (Wildman–Crippen LogP) is 4.70. The highest BCUT2D eigenvalue weighted by Gasteiger charge is 2.16. The van der Waals surface area contributed by atoms with Gasteiger partial charge in [-0.1, -0.05) is 23.2 Å². The van der Waals surface area contributed by atoms with Crippen LogP contribution in [0.5, 0.6) is 0 Å². The molecule has 2 aromatic rings. The monoisotopic (exact) mass is 397 g/mol. The number of benzene rings is 2. The summed E-state index contributed by atoms with van der Waals surface area (Å²) in [5.41, 5.74) is 0.169. The normalized spacial score (nSPS) is 11.4. The van der Waals surface area contributed by atoms with Gasteiger partial charge in [-0.3, -0.25) is 4.72 Å². The second kappa shape index (κ2) is 5.89. The van der Waals surface area contributed by atoms with Crippen LogP contribution in [0.2, 0.25) is 10.0 Å². The first-order valence-corrected chi connectivity index (χ1v) is 8.26. The lowest BCUT2D eigenvalue weighted by atomic mass is 10.3. The summed E-state index contributed by atoms with van der Waals surface area (Å²) >= 11 is 14.6. The Bertz CT molecular complexity index is 768. The van der Waals surface area contributed by atoms with E-state index in [1.54, 1.807) is 0 Å². The molecule has 106 valence electrons. The van der Waals surface area contributed by atoms with E-state index in [0.29, 0.717) is 9.50 Å². The molecule has 3 nitrogen and oxygen atoms in total. The second-order valence-electron chi connectivity index (χ2n) is 3.81. The molecule has 0 radical (unpaired) electrons. The van der Waals surface area contributed by atoms with Crippen LogP contribution in [0.1, 0.15) is 0 Å².